The molecule has 0 amide bonds. The molecule has 1 aliphatic carbocycles. The molecule has 0 radical (unpaired) electrons. The van der Waals surface area contributed by atoms with E-state index in [0.29, 0.717) is 18.2 Å². The maximum Gasteiger partial charge on any atom is 0.211 e. The molecule has 1 aliphatic heterocycles. The second-order valence-corrected chi connectivity index (χ2v) is 6.99. The van der Waals surface area contributed by atoms with Crippen LogP contribution in [0.2, 0.25) is 0 Å². The van der Waals surface area contributed by atoms with Gasteiger partial charge in [-0.25, -0.2) is 13.1 Å². The number of rotatable bonds is 5. The van der Waals surface area contributed by atoms with Crippen molar-refractivity contribution in [2.75, 3.05) is 18.8 Å². The summed E-state index contributed by atoms with van der Waals surface area (Å²) in [5, 5.41) is 3.35. The van der Waals surface area contributed by atoms with Gasteiger partial charge in [-0.2, -0.15) is 0 Å². The van der Waals surface area contributed by atoms with E-state index in [1.165, 1.54) is 0 Å². The minimum absolute atomic E-state index is 0.0311. The van der Waals surface area contributed by atoms with Gasteiger partial charge in [-0.1, -0.05) is 0 Å². The highest BCUT2D eigenvalue weighted by Crippen LogP contribution is 2.30. The van der Waals surface area contributed by atoms with Crippen LogP contribution in [0.25, 0.3) is 0 Å². The molecule has 0 aromatic carbocycles. The summed E-state index contributed by atoms with van der Waals surface area (Å²) in [5.41, 5.74) is -0.0311. The van der Waals surface area contributed by atoms with Crippen LogP contribution in [-0.2, 0) is 10.0 Å². The average Bonchev–Trinajstić information content (AvgIpc) is 2.83. The summed E-state index contributed by atoms with van der Waals surface area (Å²) in [7, 11) is -3.03. The van der Waals surface area contributed by atoms with Crippen LogP contribution in [0.3, 0.4) is 0 Å². The average molecular weight is 232 g/mol. The molecule has 4 nitrogen and oxygen atoms in total. The van der Waals surface area contributed by atoms with Crippen molar-refractivity contribution in [1.29, 1.82) is 0 Å². The molecule has 2 aliphatic rings. The molecule has 1 saturated carbocycles. The van der Waals surface area contributed by atoms with E-state index < -0.39 is 10.0 Å². The van der Waals surface area contributed by atoms with Crippen LogP contribution < -0.4 is 10.0 Å². The Labute approximate surface area is 91.9 Å². The minimum atomic E-state index is -3.03. The fourth-order valence-electron chi connectivity index (χ4n) is 2.03. The first-order valence-electron chi connectivity index (χ1n) is 5.72. The molecule has 2 fully saturated rings. The van der Waals surface area contributed by atoms with Crippen LogP contribution in [-0.4, -0.2) is 32.8 Å². The Balaban J connectivity index is 1.80. The Bertz CT molecular complexity index is 316. The number of hydrogen-bond donors (Lipinski definition) is 2. The van der Waals surface area contributed by atoms with E-state index in [2.05, 4.69) is 17.0 Å². The van der Waals surface area contributed by atoms with Crippen molar-refractivity contribution in [3.8, 4) is 0 Å². The largest absolute Gasteiger partial charge is 0.310 e. The highest BCUT2D eigenvalue weighted by atomic mass is 32.2. The van der Waals surface area contributed by atoms with Crippen LogP contribution in [0.5, 0.6) is 0 Å². The third kappa shape index (κ3) is 3.43. The Morgan fingerprint density at radius 3 is 2.73 bits per heavy atom. The van der Waals surface area contributed by atoms with Gasteiger partial charge in [0.15, 0.2) is 0 Å². The first kappa shape index (κ1) is 11.4. The lowest BCUT2D eigenvalue weighted by molar-refractivity contribution is 0.409. The summed E-state index contributed by atoms with van der Waals surface area (Å²) in [6, 6.07) is 0. The smallest absolute Gasteiger partial charge is 0.211 e. The van der Waals surface area contributed by atoms with Crippen LogP contribution in [0, 0.1) is 5.92 Å². The number of sulfonamides is 1. The topological polar surface area (TPSA) is 58.2 Å². The van der Waals surface area contributed by atoms with Gasteiger partial charge in [-0.05, 0) is 45.1 Å². The van der Waals surface area contributed by atoms with E-state index in [4.69, 9.17) is 0 Å². The van der Waals surface area contributed by atoms with Gasteiger partial charge in [0.1, 0.15) is 0 Å². The van der Waals surface area contributed by atoms with E-state index in [0.717, 1.165) is 32.2 Å². The third-order valence-corrected chi connectivity index (χ3v) is 4.79. The number of hydrogen-bond acceptors (Lipinski definition) is 3. The molecule has 0 spiro atoms. The first-order valence-corrected chi connectivity index (χ1v) is 7.37. The Morgan fingerprint density at radius 2 is 2.20 bits per heavy atom. The van der Waals surface area contributed by atoms with Gasteiger partial charge in [0.05, 0.1) is 5.75 Å². The molecule has 2 N–H and O–H groups in total. The van der Waals surface area contributed by atoms with Crippen molar-refractivity contribution in [1.82, 2.24) is 10.0 Å². The highest BCUT2D eigenvalue weighted by Gasteiger charge is 2.32. The van der Waals surface area contributed by atoms with Crippen molar-refractivity contribution in [2.24, 2.45) is 5.92 Å². The molecule has 0 aromatic heterocycles. The van der Waals surface area contributed by atoms with E-state index in [1.807, 2.05) is 0 Å². The molecular formula is C10H20N2O2S. The molecule has 0 aromatic rings. The van der Waals surface area contributed by atoms with Crippen molar-refractivity contribution >= 4 is 10.0 Å². The molecule has 0 bridgehead atoms. The summed E-state index contributed by atoms with van der Waals surface area (Å²) in [6.45, 7) is 3.61. The van der Waals surface area contributed by atoms with Crippen LogP contribution in [0.1, 0.15) is 32.6 Å². The van der Waals surface area contributed by atoms with Gasteiger partial charge in [0.2, 0.25) is 10.0 Å². The van der Waals surface area contributed by atoms with Crippen LogP contribution >= 0.6 is 0 Å². The molecule has 1 saturated heterocycles. The quantitative estimate of drug-likeness (QED) is 0.724. The van der Waals surface area contributed by atoms with E-state index in [1.54, 1.807) is 0 Å². The van der Waals surface area contributed by atoms with Crippen LogP contribution in [0.15, 0.2) is 0 Å². The molecule has 15 heavy (non-hydrogen) atoms. The van der Waals surface area contributed by atoms with E-state index in [-0.39, 0.29) is 5.54 Å². The highest BCUT2D eigenvalue weighted by molar-refractivity contribution is 7.89. The van der Waals surface area contributed by atoms with Gasteiger partial charge in [0, 0.05) is 12.1 Å². The zero-order valence-corrected chi connectivity index (χ0v) is 10.1. The zero-order valence-electron chi connectivity index (χ0n) is 9.25. The number of nitrogens with one attached hydrogen (secondary N) is 2. The van der Waals surface area contributed by atoms with Gasteiger partial charge >= 0.3 is 0 Å². The van der Waals surface area contributed by atoms with Gasteiger partial charge in [-0.15, -0.1) is 0 Å². The van der Waals surface area contributed by atoms with Crippen molar-refractivity contribution in [3.05, 3.63) is 0 Å². The van der Waals surface area contributed by atoms with Crippen molar-refractivity contribution in [2.45, 2.75) is 38.1 Å². The van der Waals surface area contributed by atoms with Gasteiger partial charge in [-0.3, -0.25) is 0 Å². The maximum atomic E-state index is 11.6. The van der Waals surface area contributed by atoms with Crippen LogP contribution in [0.4, 0.5) is 0 Å². The van der Waals surface area contributed by atoms with Gasteiger partial charge < -0.3 is 5.32 Å². The standard InChI is InChI=1S/C10H20N2O2S/c1-10(5-2-6-11-10)8-12-15(13,14)7-9-3-4-9/h9,11-12H,2-8H2,1H3. The van der Waals surface area contributed by atoms with Crippen molar-refractivity contribution in [3.63, 3.8) is 0 Å². The summed E-state index contributed by atoms with van der Waals surface area (Å²) < 4.78 is 26.0. The lowest BCUT2D eigenvalue weighted by Crippen LogP contribution is -2.47. The Kier molecular flexibility index (Phi) is 3.05. The summed E-state index contributed by atoms with van der Waals surface area (Å²) >= 11 is 0. The van der Waals surface area contributed by atoms with Crippen molar-refractivity contribution < 1.29 is 8.42 Å². The summed E-state index contributed by atoms with van der Waals surface area (Å²) in [4.78, 5) is 0. The fraction of sp³-hybridized carbons (Fsp3) is 1.00. The predicted octanol–water partition coefficient (Wildman–Crippen LogP) is 0.458. The molecule has 1 unspecified atom stereocenters. The molecule has 2 rings (SSSR count). The monoisotopic (exact) mass is 232 g/mol. The van der Waals surface area contributed by atoms with E-state index in [9.17, 15) is 8.42 Å². The van der Waals surface area contributed by atoms with E-state index >= 15 is 0 Å². The second kappa shape index (κ2) is 4.03. The molecule has 1 atom stereocenters. The SMILES string of the molecule is CC1(CNS(=O)(=O)CC2CC2)CCCN1. The molecule has 88 valence electrons. The lowest BCUT2D eigenvalue weighted by atomic mass is 10.0. The molecule has 5 heteroatoms. The summed E-state index contributed by atoms with van der Waals surface area (Å²) in [6.07, 6.45) is 4.35. The first-order chi connectivity index (χ1) is 6.99. The maximum absolute atomic E-state index is 11.6. The summed E-state index contributed by atoms with van der Waals surface area (Å²) in [5.74, 6) is 0.746. The Morgan fingerprint density at radius 1 is 1.47 bits per heavy atom. The second-order valence-electron chi connectivity index (χ2n) is 5.14. The normalized spacial score (nSPS) is 32.1. The lowest BCUT2D eigenvalue weighted by Gasteiger charge is -2.24. The zero-order chi connectivity index (χ0) is 10.9. The minimum Gasteiger partial charge on any atom is -0.310 e. The molecule has 1 heterocycles. The fourth-order valence-corrected chi connectivity index (χ4v) is 3.64. The predicted molar refractivity (Wildman–Crippen MR) is 60.2 cm³/mol. The third-order valence-electron chi connectivity index (χ3n) is 3.29. The Hall–Kier alpha value is -0.130. The van der Waals surface area contributed by atoms with Gasteiger partial charge in [0.25, 0.3) is 0 Å². The molecular weight excluding hydrogens is 212 g/mol.